The largest absolute Gasteiger partial charge is 0.411 e. The third-order valence-electron chi connectivity index (χ3n) is 3.19. The molecule has 2 rings (SSSR count). The highest BCUT2D eigenvalue weighted by molar-refractivity contribution is 6.26. The molecule has 1 aliphatic rings. The predicted molar refractivity (Wildman–Crippen MR) is 66.6 cm³/mol. The molecule has 1 aliphatic carbocycles. The fourth-order valence-electron chi connectivity index (χ4n) is 2.40. The molecule has 1 aromatic rings. The highest BCUT2D eigenvalue weighted by Gasteiger charge is 2.23. The molecular weight excluding hydrogens is 236 g/mol. The molecule has 0 fully saturated rings. The first kappa shape index (κ1) is 12.7. The number of nitrogens with zero attached hydrogens (tertiary/aromatic N) is 1. The minimum atomic E-state index is -0.875. The molecule has 1 aromatic carbocycles. The summed E-state index contributed by atoms with van der Waals surface area (Å²) < 4.78 is 26.2. The molecule has 0 amide bonds. The Morgan fingerprint density at radius 2 is 2.00 bits per heavy atom. The maximum absolute atomic E-state index is 13.3. The second-order valence-corrected chi connectivity index (χ2v) is 4.40. The van der Waals surface area contributed by atoms with E-state index in [4.69, 9.17) is 5.21 Å². The second-order valence-electron chi connectivity index (χ2n) is 4.40. The number of rotatable bonds is 3. The van der Waals surface area contributed by atoms with Crippen LogP contribution >= 0.6 is 0 Å². The number of halogens is 2. The standard InChI is InChI=1S/C14H15F2NO/c1-2-3-9-5-7-13(17-18)14(9)10-4-6-11(15)12(16)8-10/h4,6,8,18H,2-3,5,7H2,1H3/b17-13-. The van der Waals surface area contributed by atoms with Crippen LogP contribution in [0.3, 0.4) is 0 Å². The van der Waals surface area contributed by atoms with Gasteiger partial charge in [0.15, 0.2) is 11.6 Å². The minimum absolute atomic E-state index is 0.560. The summed E-state index contributed by atoms with van der Waals surface area (Å²) >= 11 is 0. The van der Waals surface area contributed by atoms with E-state index in [1.54, 1.807) is 0 Å². The molecular formula is C14H15F2NO. The maximum atomic E-state index is 13.3. The summed E-state index contributed by atoms with van der Waals surface area (Å²) in [5.74, 6) is -1.74. The van der Waals surface area contributed by atoms with Crippen LogP contribution in [0.1, 0.15) is 38.2 Å². The van der Waals surface area contributed by atoms with Gasteiger partial charge in [0.2, 0.25) is 0 Å². The van der Waals surface area contributed by atoms with E-state index in [9.17, 15) is 8.78 Å². The Morgan fingerprint density at radius 1 is 1.22 bits per heavy atom. The van der Waals surface area contributed by atoms with Gasteiger partial charge in [-0.3, -0.25) is 0 Å². The Kier molecular flexibility index (Phi) is 3.75. The average molecular weight is 251 g/mol. The van der Waals surface area contributed by atoms with Crippen LogP contribution in [0.4, 0.5) is 8.78 Å². The van der Waals surface area contributed by atoms with Gasteiger partial charge in [-0.2, -0.15) is 0 Å². The Hall–Kier alpha value is -1.71. The van der Waals surface area contributed by atoms with E-state index in [2.05, 4.69) is 12.1 Å². The highest BCUT2D eigenvalue weighted by atomic mass is 19.2. The maximum Gasteiger partial charge on any atom is 0.159 e. The third kappa shape index (κ3) is 2.28. The number of oxime groups is 1. The van der Waals surface area contributed by atoms with E-state index >= 15 is 0 Å². The fourth-order valence-corrected chi connectivity index (χ4v) is 2.40. The summed E-state index contributed by atoms with van der Waals surface area (Å²) in [6.45, 7) is 2.06. The molecule has 18 heavy (non-hydrogen) atoms. The Balaban J connectivity index is 2.49. The van der Waals surface area contributed by atoms with E-state index in [1.165, 1.54) is 6.07 Å². The normalized spacial score (nSPS) is 17.8. The first-order valence-corrected chi connectivity index (χ1v) is 6.06. The Morgan fingerprint density at radius 3 is 2.61 bits per heavy atom. The van der Waals surface area contributed by atoms with Crippen molar-refractivity contribution in [2.75, 3.05) is 0 Å². The van der Waals surface area contributed by atoms with Crippen LogP contribution in [0.25, 0.3) is 5.57 Å². The summed E-state index contributed by atoms with van der Waals surface area (Å²) in [5.41, 5.74) is 3.07. The monoisotopic (exact) mass is 251 g/mol. The summed E-state index contributed by atoms with van der Waals surface area (Å²) in [6.07, 6.45) is 3.33. The molecule has 0 unspecified atom stereocenters. The predicted octanol–water partition coefficient (Wildman–Crippen LogP) is 4.14. The number of hydrogen-bond donors (Lipinski definition) is 1. The van der Waals surface area contributed by atoms with Crippen molar-refractivity contribution < 1.29 is 14.0 Å². The molecule has 0 bridgehead atoms. The fraction of sp³-hybridized carbons (Fsp3) is 0.357. The Labute approximate surface area is 105 Å². The van der Waals surface area contributed by atoms with Crippen LogP contribution < -0.4 is 0 Å². The zero-order valence-electron chi connectivity index (χ0n) is 10.2. The van der Waals surface area contributed by atoms with Gasteiger partial charge in [-0.1, -0.05) is 30.1 Å². The van der Waals surface area contributed by atoms with Crippen molar-refractivity contribution in [3.63, 3.8) is 0 Å². The van der Waals surface area contributed by atoms with Gasteiger partial charge < -0.3 is 5.21 Å². The highest BCUT2D eigenvalue weighted by Crippen LogP contribution is 2.34. The van der Waals surface area contributed by atoms with Gasteiger partial charge >= 0.3 is 0 Å². The van der Waals surface area contributed by atoms with E-state index in [1.807, 2.05) is 0 Å². The molecule has 0 heterocycles. The molecule has 0 aromatic heterocycles. The topological polar surface area (TPSA) is 32.6 Å². The SMILES string of the molecule is CCCC1=C(c2ccc(F)c(F)c2)/C(=N\O)CC1. The van der Waals surface area contributed by atoms with Crippen LogP contribution in [0.2, 0.25) is 0 Å². The van der Waals surface area contributed by atoms with Crippen LogP contribution in [-0.4, -0.2) is 10.9 Å². The van der Waals surface area contributed by atoms with Crippen molar-refractivity contribution >= 4 is 11.3 Å². The first-order chi connectivity index (χ1) is 8.67. The summed E-state index contributed by atoms with van der Waals surface area (Å²) in [4.78, 5) is 0. The molecule has 0 saturated heterocycles. The lowest BCUT2D eigenvalue weighted by Gasteiger charge is -2.08. The van der Waals surface area contributed by atoms with Gasteiger partial charge in [0.05, 0.1) is 5.71 Å². The molecule has 96 valence electrons. The molecule has 1 N–H and O–H groups in total. The minimum Gasteiger partial charge on any atom is -0.411 e. The van der Waals surface area contributed by atoms with Gasteiger partial charge in [-0.25, -0.2) is 8.78 Å². The molecule has 0 spiro atoms. The smallest absolute Gasteiger partial charge is 0.159 e. The second kappa shape index (κ2) is 5.29. The van der Waals surface area contributed by atoms with Crippen molar-refractivity contribution in [3.05, 3.63) is 41.0 Å². The molecule has 0 radical (unpaired) electrons. The Bertz CT molecular complexity index is 521. The van der Waals surface area contributed by atoms with E-state index in [0.29, 0.717) is 17.7 Å². The van der Waals surface area contributed by atoms with Crippen molar-refractivity contribution in [2.24, 2.45) is 5.16 Å². The number of allylic oxidation sites excluding steroid dienone is 2. The lowest BCUT2D eigenvalue weighted by atomic mass is 9.98. The number of benzene rings is 1. The first-order valence-electron chi connectivity index (χ1n) is 6.06. The van der Waals surface area contributed by atoms with E-state index in [-0.39, 0.29) is 0 Å². The summed E-state index contributed by atoms with van der Waals surface area (Å²) in [5, 5.41) is 12.3. The molecule has 0 saturated carbocycles. The van der Waals surface area contributed by atoms with Crippen LogP contribution in [-0.2, 0) is 0 Å². The van der Waals surface area contributed by atoms with Crippen molar-refractivity contribution in [1.82, 2.24) is 0 Å². The van der Waals surface area contributed by atoms with Gasteiger partial charge in [0, 0.05) is 5.57 Å². The molecule has 4 heteroatoms. The third-order valence-corrected chi connectivity index (χ3v) is 3.19. The van der Waals surface area contributed by atoms with Crippen molar-refractivity contribution in [3.8, 4) is 0 Å². The summed E-state index contributed by atoms with van der Waals surface area (Å²) in [6, 6.07) is 3.80. The zero-order valence-corrected chi connectivity index (χ0v) is 10.2. The van der Waals surface area contributed by atoms with Crippen LogP contribution in [0.15, 0.2) is 28.9 Å². The zero-order chi connectivity index (χ0) is 13.1. The van der Waals surface area contributed by atoms with Crippen LogP contribution in [0, 0.1) is 11.6 Å². The molecule has 0 atom stereocenters. The summed E-state index contributed by atoms with van der Waals surface area (Å²) in [7, 11) is 0. The lowest BCUT2D eigenvalue weighted by molar-refractivity contribution is 0.319. The van der Waals surface area contributed by atoms with E-state index in [0.717, 1.165) is 42.5 Å². The molecule has 0 aliphatic heterocycles. The molecule has 2 nitrogen and oxygen atoms in total. The quantitative estimate of drug-likeness (QED) is 0.635. The van der Waals surface area contributed by atoms with Gasteiger partial charge in [-0.15, -0.1) is 0 Å². The lowest BCUT2D eigenvalue weighted by Crippen LogP contribution is -1.99. The number of hydrogen-bond acceptors (Lipinski definition) is 2. The van der Waals surface area contributed by atoms with Crippen molar-refractivity contribution in [2.45, 2.75) is 32.6 Å². The van der Waals surface area contributed by atoms with Crippen LogP contribution in [0.5, 0.6) is 0 Å². The average Bonchev–Trinajstić information content (AvgIpc) is 2.76. The van der Waals surface area contributed by atoms with Gasteiger partial charge in [0.1, 0.15) is 0 Å². The van der Waals surface area contributed by atoms with Crippen molar-refractivity contribution in [1.29, 1.82) is 0 Å². The van der Waals surface area contributed by atoms with Gasteiger partial charge in [0.25, 0.3) is 0 Å². The van der Waals surface area contributed by atoms with Gasteiger partial charge in [-0.05, 0) is 37.0 Å². The van der Waals surface area contributed by atoms with E-state index < -0.39 is 11.6 Å².